The maximum absolute atomic E-state index is 8.63. The van der Waals surface area contributed by atoms with Crippen molar-refractivity contribution in [1.82, 2.24) is 5.32 Å². The minimum absolute atomic E-state index is 0.315. The smallest absolute Gasteiger partial charge is 0.0590 e. The molecule has 0 bridgehead atoms. The summed E-state index contributed by atoms with van der Waals surface area (Å²) in [5, 5.41) is 12.2. The standard InChI is InChI=1S/C12H25NO2S/c1-11(10-12-4-2-7-15-12)13-5-9-16-8-3-6-14/h11-14H,2-10H2,1H3. The van der Waals surface area contributed by atoms with E-state index >= 15 is 0 Å². The number of hydrogen-bond acceptors (Lipinski definition) is 4. The van der Waals surface area contributed by atoms with E-state index in [2.05, 4.69) is 12.2 Å². The molecule has 1 rings (SSSR count). The third-order valence-corrected chi connectivity index (χ3v) is 3.90. The highest BCUT2D eigenvalue weighted by Gasteiger charge is 2.17. The van der Waals surface area contributed by atoms with Crippen molar-refractivity contribution >= 4 is 11.8 Å². The van der Waals surface area contributed by atoms with E-state index in [0.717, 1.165) is 37.5 Å². The number of ether oxygens (including phenoxy) is 1. The molecular formula is C12H25NO2S. The second-order valence-electron chi connectivity index (χ2n) is 4.42. The molecule has 0 aromatic heterocycles. The molecule has 0 aromatic carbocycles. The van der Waals surface area contributed by atoms with Crippen molar-refractivity contribution in [2.24, 2.45) is 0 Å². The van der Waals surface area contributed by atoms with Gasteiger partial charge in [-0.3, -0.25) is 0 Å². The van der Waals surface area contributed by atoms with E-state index in [9.17, 15) is 0 Å². The molecule has 2 N–H and O–H groups in total. The van der Waals surface area contributed by atoms with Gasteiger partial charge in [0.2, 0.25) is 0 Å². The second-order valence-corrected chi connectivity index (χ2v) is 5.64. The van der Waals surface area contributed by atoms with Gasteiger partial charge in [0.15, 0.2) is 0 Å². The lowest BCUT2D eigenvalue weighted by Gasteiger charge is -2.17. The minimum atomic E-state index is 0.315. The first-order chi connectivity index (χ1) is 7.83. The van der Waals surface area contributed by atoms with Crippen molar-refractivity contribution in [3.05, 3.63) is 0 Å². The van der Waals surface area contributed by atoms with Crippen LogP contribution in [0.2, 0.25) is 0 Å². The Bertz CT molecular complexity index is 163. The van der Waals surface area contributed by atoms with Gasteiger partial charge in [-0.1, -0.05) is 0 Å². The molecule has 16 heavy (non-hydrogen) atoms. The lowest BCUT2D eigenvalue weighted by atomic mass is 10.1. The Labute approximate surface area is 103 Å². The molecule has 0 aliphatic carbocycles. The van der Waals surface area contributed by atoms with Crippen molar-refractivity contribution in [3.8, 4) is 0 Å². The predicted molar refractivity (Wildman–Crippen MR) is 70.1 cm³/mol. The zero-order valence-corrected chi connectivity index (χ0v) is 11.1. The van der Waals surface area contributed by atoms with E-state index in [1.54, 1.807) is 0 Å². The molecule has 96 valence electrons. The molecule has 0 saturated carbocycles. The Hall–Kier alpha value is 0.230. The van der Waals surface area contributed by atoms with E-state index in [1.807, 2.05) is 11.8 Å². The largest absolute Gasteiger partial charge is 0.396 e. The number of rotatable bonds is 9. The van der Waals surface area contributed by atoms with Gasteiger partial charge in [0.25, 0.3) is 0 Å². The molecule has 3 nitrogen and oxygen atoms in total. The zero-order valence-electron chi connectivity index (χ0n) is 10.3. The first-order valence-electron chi connectivity index (χ1n) is 6.36. The minimum Gasteiger partial charge on any atom is -0.396 e. The Morgan fingerprint density at radius 3 is 3.06 bits per heavy atom. The van der Waals surface area contributed by atoms with E-state index in [4.69, 9.17) is 9.84 Å². The zero-order chi connectivity index (χ0) is 11.6. The van der Waals surface area contributed by atoms with Crippen LogP contribution in [0.15, 0.2) is 0 Å². The number of nitrogens with one attached hydrogen (secondary N) is 1. The van der Waals surface area contributed by atoms with E-state index in [1.165, 1.54) is 12.8 Å². The average Bonchev–Trinajstić information content (AvgIpc) is 2.76. The van der Waals surface area contributed by atoms with Crippen LogP contribution < -0.4 is 5.32 Å². The molecule has 2 atom stereocenters. The van der Waals surface area contributed by atoms with E-state index in [-0.39, 0.29) is 0 Å². The molecule has 0 aromatic rings. The molecule has 1 heterocycles. The summed E-state index contributed by atoms with van der Waals surface area (Å²) >= 11 is 1.91. The van der Waals surface area contributed by atoms with Crippen LogP contribution in [0.5, 0.6) is 0 Å². The Balaban J connectivity index is 1.87. The van der Waals surface area contributed by atoms with Gasteiger partial charge in [0, 0.05) is 31.6 Å². The summed E-state index contributed by atoms with van der Waals surface area (Å²) in [6.45, 7) is 4.56. The van der Waals surface area contributed by atoms with E-state index in [0.29, 0.717) is 18.8 Å². The van der Waals surface area contributed by atoms with Crippen LogP contribution in [0.4, 0.5) is 0 Å². The summed E-state index contributed by atoms with van der Waals surface area (Å²) in [6.07, 6.45) is 5.01. The number of hydrogen-bond donors (Lipinski definition) is 2. The van der Waals surface area contributed by atoms with Crippen molar-refractivity contribution in [3.63, 3.8) is 0 Å². The van der Waals surface area contributed by atoms with Crippen molar-refractivity contribution < 1.29 is 9.84 Å². The lowest BCUT2D eigenvalue weighted by Crippen LogP contribution is -2.31. The van der Waals surface area contributed by atoms with Gasteiger partial charge in [-0.05, 0) is 38.4 Å². The van der Waals surface area contributed by atoms with Crippen LogP contribution in [0.3, 0.4) is 0 Å². The summed E-state index contributed by atoms with van der Waals surface area (Å²) in [4.78, 5) is 0. The molecule has 2 unspecified atom stereocenters. The third-order valence-electron chi connectivity index (χ3n) is 2.83. The summed E-state index contributed by atoms with van der Waals surface area (Å²) in [7, 11) is 0. The predicted octanol–water partition coefficient (Wildman–Crippen LogP) is 1.65. The topological polar surface area (TPSA) is 41.5 Å². The average molecular weight is 247 g/mol. The van der Waals surface area contributed by atoms with Crippen LogP contribution in [0, 0.1) is 0 Å². The normalized spacial score (nSPS) is 22.5. The maximum atomic E-state index is 8.63. The SMILES string of the molecule is CC(CC1CCCO1)NCCSCCCO. The quantitative estimate of drug-likeness (QED) is 0.608. The van der Waals surface area contributed by atoms with Crippen LogP contribution in [-0.2, 0) is 4.74 Å². The lowest BCUT2D eigenvalue weighted by molar-refractivity contribution is 0.0966. The van der Waals surface area contributed by atoms with Gasteiger partial charge in [-0.2, -0.15) is 11.8 Å². The molecule has 0 amide bonds. The molecule has 0 spiro atoms. The highest BCUT2D eigenvalue weighted by molar-refractivity contribution is 7.99. The molecule has 4 heteroatoms. The molecule has 1 saturated heterocycles. The fourth-order valence-electron chi connectivity index (χ4n) is 1.95. The first kappa shape index (κ1) is 14.3. The van der Waals surface area contributed by atoms with Gasteiger partial charge in [0.1, 0.15) is 0 Å². The number of aliphatic hydroxyl groups is 1. The van der Waals surface area contributed by atoms with Crippen molar-refractivity contribution in [1.29, 1.82) is 0 Å². The summed E-state index contributed by atoms with van der Waals surface area (Å²) in [5.74, 6) is 2.20. The maximum Gasteiger partial charge on any atom is 0.0590 e. The van der Waals surface area contributed by atoms with Crippen molar-refractivity contribution in [2.45, 2.75) is 44.8 Å². The van der Waals surface area contributed by atoms with E-state index < -0.39 is 0 Å². The highest BCUT2D eigenvalue weighted by atomic mass is 32.2. The number of thioether (sulfide) groups is 1. The number of aliphatic hydroxyl groups excluding tert-OH is 1. The van der Waals surface area contributed by atoms with Crippen LogP contribution in [0.1, 0.15) is 32.6 Å². The van der Waals surface area contributed by atoms with Crippen LogP contribution in [0.25, 0.3) is 0 Å². The Morgan fingerprint density at radius 2 is 2.38 bits per heavy atom. The fraction of sp³-hybridized carbons (Fsp3) is 1.00. The monoisotopic (exact) mass is 247 g/mol. The molecule has 1 fully saturated rings. The van der Waals surface area contributed by atoms with Gasteiger partial charge in [-0.25, -0.2) is 0 Å². The molecule has 1 aliphatic rings. The van der Waals surface area contributed by atoms with Crippen LogP contribution in [-0.4, -0.2) is 48.5 Å². The second kappa shape index (κ2) is 9.28. The summed E-state index contributed by atoms with van der Waals surface area (Å²) < 4.78 is 5.61. The fourth-order valence-corrected chi connectivity index (χ4v) is 2.75. The van der Waals surface area contributed by atoms with Gasteiger partial charge < -0.3 is 15.2 Å². The summed E-state index contributed by atoms with van der Waals surface area (Å²) in [6, 6.07) is 0.557. The Kier molecular flexibility index (Phi) is 8.29. The molecular weight excluding hydrogens is 222 g/mol. The Morgan fingerprint density at radius 1 is 1.50 bits per heavy atom. The van der Waals surface area contributed by atoms with Gasteiger partial charge in [0.05, 0.1) is 6.10 Å². The third kappa shape index (κ3) is 6.74. The summed E-state index contributed by atoms with van der Waals surface area (Å²) in [5.41, 5.74) is 0. The molecule has 0 radical (unpaired) electrons. The van der Waals surface area contributed by atoms with Crippen LogP contribution >= 0.6 is 11.8 Å². The molecule has 1 aliphatic heterocycles. The van der Waals surface area contributed by atoms with Gasteiger partial charge >= 0.3 is 0 Å². The van der Waals surface area contributed by atoms with Gasteiger partial charge in [-0.15, -0.1) is 0 Å². The van der Waals surface area contributed by atoms with Crippen molar-refractivity contribution in [2.75, 3.05) is 31.3 Å². The first-order valence-corrected chi connectivity index (χ1v) is 7.52. The highest BCUT2D eigenvalue weighted by Crippen LogP contribution is 2.16.